The zero-order valence-corrected chi connectivity index (χ0v) is 19.3. The van der Waals surface area contributed by atoms with Gasteiger partial charge in [-0.15, -0.1) is 0 Å². The van der Waals surface area contributed by atoms with E-state index in [1.165, 1.54) is 5.56 Å². The number of nitrogens with zero attached hydrogens (tertiary/aromatic N) is 3. The molecule has 3 aromatic carbocycles. The minimum Gasteiger partial charge on any atom is -0.394 e. The maximum atomic E-state index is 13.3. The summed E-state index contributed by atoms with van der Waals surface area (Å²) in [6.07, 6.45) is 1.80. The fourth-order valence-corrected chi connectivity index (χ4v) is 4.84. The molecule has 2 N–H and O–H groups in total. The van der Waals surface area contributed by atoms with Crippen LogP contribution in [-0.4, -0.2) is 45.4 Å². The number of rotatable bonds is 8. The lowest BCUT2D eigenvalue weighted by Gasteiger charge is -2.27. The molecule has 34 heavy (non-hydrogen) atoms. The SMILES string of the molecule is O=C(NCc1cccc2ccccc12)c1nn(CCO)c2c1CN(CCc1ccccc1)CC2. The number of benzene rings is 3. The predicted molar refractivity (Wildman–Crippen MR) is 134 cm³/mol. The maximum Gasteiger partial charge on any atom is 0.272 e. The molecule has 1 aliphatic rings. The van der Waals surface area contributed by atoms with Crippen molar-refractivity contribution in [1.29, 1.82) is 0 Å². The Hall–Kier alpha value is -3.48. The highest BCUT2D eigenvalue weighted by Crippen LogP contribution is 2.24. The van der Waals surface area contributed by atoms with Crippen LogP contribution < -0.4 is 5.32 Å². The van der Waals surface area contributed by atoms with Gasteiger partial charge in [0.25, 0.3) is 5.91 Å². The molecule has 174 valence electrons. The number of hydrogen-bond acceptors (Lipinski definition) is 4. The summed E-state index contributed by atoms with van der Waals surface area (Å²) in [4.78, 5) is 15.7. The molecule has 4 aromatic rings. The summed E-state index contributed by atoms with van der Waals surface area (Å²) in [6, 6.07) is 24.8. The van der Waals surface area contributed by atoms with E-state index in [1.54, 1.807) is 0 Å². The van der Waals surface area contributed by atoms with Gasteiger partial charge in [-0.2, -0.15) is 5.10 Å². The number of aliphatic hydroxyl groups excluding tert-OH is 1. The Morgan fingerprint density at radius 1 is 0.971 bits per heavy atom. The second-order valence-corrected chi connectivity index (χ2v) is 8.80. The topological polar surface area (TPSA) is 70.4 Å². The van der Waals surface area contributed by atoms with Gasteiger partial charge in [-0.1, -0.05) is 72.8 Å². The molecule has 0 atom stereocenters. The Labute approximate surface area is 199 Å². The summed E-state index contributed by atoms with van der Waals surface area (Å²) in [7, 11) is 0. The summed E-state index contributed by atoms with van der Waals surface area (Å²) >= 11 is 0. The average Bonchev–Trinajstić information content (AvgIpc) is 3.24. The van der Waals surface area contributed by atoms with E-state index in [4.69, 9.17) is 0 Å². The molecule has 6 heteroatoms. The standard InChI is InChI=1S/C28H30N4O2/c33-18-17-32-26-14-16-31(15-13-21-7-2-1-3-8-21)20-25(26)27(30-32)28(34)29-19-23-11-6-10-22-9-4-5-12-24(22)23/h1-12,33H,13-20H2,(H,29,34). The van der Waals surface area contributed by atoms with Crippen molar-refractivity contribution in [2.45, 2.75) is 32.5 Å². The second kappa shape index (κ2) is 10.2. The number of amides is 1. The molecule has 0 aliphatic carbocycles. The van der Waals surface area contributed by atoms with E-state index in [1.807, 2.05) is 35.0 Å². The minimum absolute atomic E-state index is 0.00288. The fourth-order valence-electron chi connectivity index (χ4n) is 4.84. The van der Waals surface area contributed by atoms with Gasteiger partial charge in [0.1, 0.15) is 0 Å². The molecule has 0 radical (unpaired) electrons. The molecule has 0 unspecified atom stereocenters. The molecular formula is C28H30N4O2. The summed E-state index contributed by atoms with van der Waals surface area (Å²) in [5.41, 5.74) is 4.94. The number of aliphatic hydroxyl groups is 1. The number of fused-ring (bicyclic) bond motifs is 2. The van der Waals surface area contributed by atoms with Crippen LogP contribution in [0.5, 0.6) is 0 Å². The van der Waals surface area contributed by atoms with Gasteiger partial charge in [0, 0.05) is 43.9 Å². The summed E-state index contributed by atoms with van der Waals surface area (Å²) < 4.78 is 1.82. The third kappa shape index (κ3) is 4.74. The first-order valence-corrected chi connectivity index (χ1v) is 11.9. The van der Waals surface area contributed by atoms with Crippen LogP contribution in [0.2, 0.25) is 0 Å². The molecule has 0 bridgehead atoms. The molecule has 2 heterocycles. The van der Waals surface area contributed by atoms with Crippen LogP contribution in [0.3, 0.4) is 0 Å². The van der Waals surface area contributed by atoms with Crippen LogP contribution >= 0.6 is 0 Å². The normalized spacial score (nSPS) is 13.7. The van der Waals surface area contributed by atoms with Crippen LogP contribution in [0.25, 0.3) is 10.8 Å². The molecule has 0 fully saturated rings. The number of hydrogen-bond donors (Lipinski definition) is 2. The number of carbonyl (C=O) groups is 1. The van der Waals surface area contributed by atoms with Crippen LogP contribution in [0.1, 0.15) is 32.9 Å². The van der Waals surface area contributed by atoms with E-state index in [9.17, 15) is 9.90 Å². The number of carbonyl (C=O) groups excluding carboxylic acids is 1. The number of nitrogens with one attached hydrogen (secondary N) is 1. The second-order valence-electron chi connectivity index (χ2n) is 8.80. The van der Waals surface area contributed by atoms with E-state index in [0.29, 0.717) is 25.3 Å². The summed E-state index contributed by atoms with van der Waals surface area (Å²) in [5.74, 6) is -0.161. The molecule has 5 rings (SSSR count). The highest BCUT2D eigenvalue weighted by molar-refractivity contribution is 5.94. The monoisotopic (exact) mass is 454 g/mol. The summed E-state index contributed by atoms with van der Waals surface area (Å²) in [5, 5.41) is 19.5. The van der Waals surface area contributed by atoms with Gasteiger partial charge in [0.05, 0.1) is 13.2 Å². The lowest BCUT2D eigenvalue weighted by atomic mass is 10.0. The minimum atomic E-state index is -0.161. The van der Waals surface area contributed by atoms with Crippen molar-refractivity contribution in [3.05, 3.63) is 101 Å². The van der Waals surface area contributed by atoms with Crippen molar-refractivity contribution in [2.24, 2.45) is 0 Å². The highest BCUT2D eigenvalue weighted by atomic mass is 16.3. The van der Waals surface area contributed by atoms with Crippen LogP contribution in [0, 0.1) is 0 Å². The quantitative estimate of drug-likeness (QED) is 0.427. The van der Waals surface area contributed by atoms with E-state index >= 15 is 0 Å². The molecule has 1 aromatic heterocycles. The van der Waals surface area contributed by atoms with Crippen molar-refractivity contribution in [2.75, 3.05) is 19.7 Å². The zero-order valence-electron chi connectivity index (χ0n) is 19.3. The van der Waals surface area contributed by atoms with Gasteiger partial charge in [-0.25, -0.2) is 0 Å². The van der Waals surface area contributed by atoms with E-state index in [2.05, 4.69) is 57.8 Å². The van der Waals surface area contributed by atoms with Crippen LogP contribution in [0.15, 0.2) is 72.8 Å². The lowest BCUT2D eigenvalue weighted by molar-refractivity contribution is 0.0942. The number of aromatic nitrogens is 2. The van der Waals surface area contributed by atoms with E-state index in [-0.39, 0.29) is 12.5 Å². The third-order valence-corrected chi connectivity index (χ3v) is 6.62. The molecule has 0 saturated carbocycles. The molecule has 1 amide bonds. The molecule has 0 saturated heterocycles. The first-order chi connectivity index (χ1) is 16.7. The molecule has 0 spiro atoms. The zero-order chi connectivity index (χ0) is 23.3. The van der Waals surface area contributed by atoms with Crippen molar-refractivity contribution in [3.8, 4) is 0 Å². The van der Waals surface area contributed by atoms with E-state index < -0.39 is 0 Å². The van der Waals surface area contributed by atoms with Crippen molar-refractivity contribution >= 4 is 16.7 Å². The van der Waals surface area contributed by atoms with Crippen molar-refractivity contribution in [3.63, 3.8) is 0 Å². The third-order valence-electron chi connectivity index (χ3n) is 6.62. The Bertz CT molecular complexity index is 1280. The van der Waals surface area contributed by atoms with E-state index in [0.717, 1.165) is 53.5 Å². The molecule has 1 aliphatic heterocycles. The average molecular weight is 455 g/mol. The highest BCUT2D eigenvalue weighted by Gasteiger charge is 2.28. The first kappa shape index (κ1) is 22.3. The van der Waals surface area contributed by atoms with Crippen molar-refractivity contribution < 1.29 is 9.90 Å². The maximum absolute atomic E-state index is 13.3. The summed E-state index contributed by atoms with van der Waals surface area (Å²) in [6.45, 7) is 3.41. The molecule has 6 nitrogen and oxygen atoms in total. The van der Waals surface area contributed by atoms with Crippen LogP contribution in [0.4, 0.5) is 0 Å². The van der Waals surface area contributed by atoms with Gasteiger partial charge in [0.2, 0.25) is 0 Å². The van der Waals surface area contributed by atoms with Crippen molar-refractivity contribution in [1.82, 2.24) is 20.0 Å². The Morgan fingerprint density at radius 3 is 2.62 bits per heavy atom. The molecular weight excluding hydrogens is 424 g/mol. The van der Waals surface area contributed by atoms with Gasteiger partial charge in [-0.3, -0.25) is 14.4 Å². The van der Waals surface area contributed by atoms with Gasteiger partial charge >= 0.3 is 0 Å². The largest absolute Gasteiger partial charge is 0.394 e. The smallest absolute Gasteiger partial charge is 0.272 e. The van der Waals surface area contributed by atoms with Gasteiger partial charge in [0.15, 0.2) is 5.69 Å². The van der Waals surface area contributed by atoms with Gasteiger partial charge < -0.3 is 10.4 Å². The first-order valence-electron chi connectivity index (χ1n) is 11.9. The predicted octanol–water partition coefficient (Wildman–Crippen LogP) is 3.56. The Balaban J connectivity index is 1.32. The van der Waals surface area contributed by atoms with Crippen LogP contribution in [-0.2, 0) is 32.5 Å². The Kier molecular flexibility index (Phi) is 6.70. The fraction of sp³-hybridized carbons (Fsp3) is 0.286. The Morgan fingerprint density at radius 2 is 1.76 bits per heavy atom. The lowest BCUT2D eigenvalue weighted by Crippen LogP contribution is -2.34. The van der Waals surface area contributed by atoms with Gasteiger partial charge in [-0.05, 0) is 28.3 Å².